The van der Waals surface area contributed by atoms with Crippen LogP contribution >= 0.6 is 0 Å². The average Bonchev–Trinajstić information content (AvgIpc) is 2.82. The smallest absolute Gasteiger partial charge is 0.475 e. The van der Waals surface area contributed by atoms with Gasteiger partial charge in [0.15, 0.2) is 0 Å². The number of rotatable bonds is 4. The Hall–Kier alpha value is -1.88. The number of carboxylic acids is 1. The number of nitrogens with two attached hydrogens (primary N) is 1. The average molecular weight is 329 g/mol. The first-order chi connectivity index (χ1) is 10.0. The number of aliphatic carboxylic acids is 1. The molecule has 22 heavy (non-hydrogen) atoms. The van der Waals surface area contributed by atoms with Crippen molar-refractivity contribution >= 4 is 17.8 Å². The van der Waals surface area contributed by atoms with Crippen molar-refractivity contribution < 1.29 is 37.8 Å². The van der Waals surface area contributed by atoms with E-state index < -0.39 is 30.2 Å². The van der Waals surface area contributed by atoms with E-state index in [0.29, 0.717) is 19.4 Å². The topological polar surface area (TPSA) is 142 Å². The van der Waals surface area contributed by atoms with E-state index in [2.05, 4.69) is 10.6 Å². The minimum atomic E-state index is -5.08. The number of aliphatic hydroxyl groups is 1. The molecule has 2 unspecified atom stereocenters. The molecule has 0 radical (unpaired) electrons. The number of nitrogens with one attached hydrogen (secondary N) is 2. The summed E-state index contributed by atoms with van der Waals surface area (Å²) in [5.41, 5.74) is 5.64. The number of carbonyl (C=O) groups is 3. The van der Waals surface area contributed by atoms with E-state index in [-0.39, 0.29) is 11.8 Å². The predicted octanol–water partition coefficient (Wildman–Crippen LogP) is -1.42. The van der Waals surface area contributed by atoms with E-state index in [4.69, 9.17) is 15.6 Å². The van der Waals surface area contributed by atoms with Gasteiger partial charge in [-0.05, 0) is 12.8 Å². The number of carbonyl (C=O) groups excluding carboxylic acids is 2. The Bertz CT molecular complexity index is 416. The normalized spacial score (nSPS) is 20.3. The summed E-state index contributed by atoms with van der Waals surface area (Å²) in [6.07, 6.45) is -5.28. The van der Waals surface area contributed by atoms with Crippen LogP contribution in [0.15, 0.2) is 0 Å². The lowest BCUT2D eigenvalue weighted by Gasteiger charge is -2.19. The molecule has 1 rings (SSSR count). The number of hydrogen-bond donors (Lipinski definition) is 5. The largest absolute Gasteiger partial charge is 0.490 e. The van der Waals surface area contributed by atoms with Gasteiger partial charge in [-0.15, -0.1) is 0 Å². The second kappa shape index (κ2) is 8.54. The maximum absolute atomic E-state index is 11.2. The van der Waals surface area contributed by atoms with Crippen molar-refractivity contribution in [3.05, 3.63) is 0 Å². The number of carboxylic acid groups (broad SMARTS) is 1. The second-order valence-electron chi connectivity index (χ2n) is 4.54. The van der Waals surface area contributed by atoms with Crippen molar-refractivity contribution in [2.75, 3.05) is 13.6 Å². The molecule has 0 saturated carbocycles. The summed E-state index contributed by atoms with van der Waals surface area (Å²) < 4.78 is 31.7. The summed E-state index contributed by atoms with van der Waals surface area (Å²) >= 11 is 0. The lowest BCUT2D eigenvalue weighted by molar-refractivity contribution is -0.192. The minimum absolute atomic E-state index is 0.0467. The SMILES string of the molecule is CNC(=O)C(O)C(N)C[C@@H]1CCNC1=O.O=C(O)C(F)(F)F. The molecule has 0 aromatic heterocycles. The number of aliphatic hydroxyl groups excluding tert-OH is 1. The molecule has 0 spiro atoms. The number of alkyl halides is 3. The van der Waals surface area contributed by atoms with Gasteiger partial charge in [-0.25, -0.2) is 4.79 Å². The molecule has 1 aliphatic heterocycles. The van der Waals surface area contributed by atoms with Gasteiger partial charge < -0.3 is 26.6 Å². The zero-order valence-electron chi connectivity index (χ0n) is 11.7. The first kappa shape index (κ1) is 20.1. The van der Waals surface area contributed by atoms with Crippen molar-refractivity contribution in [2.24, 2.45) is 11.7 Å². The summed E-state index contributed by atoms with van der Waals surface area (Å²) in [6.45, 7) is 0.645. The van der Waals surface area contributed by atoms with Crippen molar-refractivity contribution in [3.63, 3.8) is 0 Å². The van der Waals surface area contributed by atoms with E-state index >= 15 is 0 Å². The van der Waals surface area contributed by atoms with Crippen molar-refractivity contribution in [3.8, 4) is 0 Å². The molecule has 8 nitrogen and oxygen atoms in total. The third-order valence-corrected chi connectivity index (χ3v) is 2.88. The van der Waals surface area contributed by atoms with E-state index in [1.807, 2.05) is 0 Å². The fraction of sp³-hybridized carbons (Fsp3) is 0.727. The van der Waals surface area contributed by atoms with E-state index in [9.17, 15) is 27.9 Å². The second-order valence-corrected chi connectivity index (χ2v) is 4.54. The van der Waals surface area contributed by atoms with Crippen molar-refractivity contribution in [1.29, 1.82) is 0 Å². The number of likely N-dealkylation sites (N-methyl/N-ethyl adjacent to an activating group) is 1. The van der Waals surface area contributed by atoms with Gasteiger partial charge in [-0.3, -0.25) is 9.59 Å². The fourth-order valence-electron chi connectivity index (χ4n) is 1.67. The molecule has 11 heteroatoms. The lowest BCUT2D eigenvalue weighted by atomic mass is 9.95. The van der Waals surface area contributed by atoms with Gasteiger partial charge in [0, 0.05) is 25.6 Å². The van der Waals surface area contributed by atoms with Gasteiger partial charge >= 0.3 is 12.1 Å². The molecule has 1 aliphatic rings. The van der Waals surface area contributed by atoms with Crippen LogP contribution in [0.3, 0.4) is 0 Å². The van der Waals surface area contributed by atoms with Gasteiger partial charge in [0.25, 0.3) is 0 Å². The maximum atomic E-state index is 11.2. The zero-order valence-corrected chi connectivity index (χ0v) is 11.7. The van der Waals surface area contributed by atoms with E-state index in [1.165, 1.54) is 7.05 Å². The van der Waals surface area contributed by atoms with Crippen LogP contribution in [0.2, 0.25) is 0 Å². The monoisotopic (exact) mass is 329 g/mol. The van der Waals surface area contributed by atoms with Crippen LogP contribution in [0.5, 0.6) is 0 Å². The highest BCUT2D eigenvalue weighted by atomic mass is 19.4. The Labute approximate surface area is 123 Å². The Morgan fingerprint density at radius 1 is 1.50 bits per heavy atom. The quantitative estimate of drug-likeness (QED) is 0.428. The first-order valence-electron chi connectivity index (χ1n) is 6.23. The molecular weight excluding hydrogens is 311 g/mol. The van der Waals surface area contributed by atoms with E-state index in [0.717, 1.165) is 0 Å². The molecule has 0 aromatic rings. The summed E-state index contributed by atoms with van der Waals surface area (Å²) in [7, 11) is 1.43. The molecule has 128 valence electrons. The minimum Gasteiger partial charge on any atom is -0.475 e. The third-order valence-electron chi connectivity index (χ3n) is 2.88. The summed E-state index contributed by atoms with van der Waals surface area (Å²) in [5.74, 6) is -3.50. The maximum Gasteiger partial charge on any atom is 0.490 e. The van der Waals surface area contributed by atoms with Crippen LogP contribution in [0, 0.1) is 5.92 Å². The first-order valence-corrected chi connectivity index (χ1v) is 6.23. The standard InChI is InChI=1S/C9H17N3O3.C2HF3O2/c1-11-9(15)7(13)6(10)4-5-2-3-12-8(5)14;3-2(4,5)1(6)7/h5-7,13H,2-4,10H2,1H3,(H,11,15)(H,12,14);(H,6,7)/t5-,6?,7?;/m0./s1. The molecule has 3 atom stereocenters. The molecule has 0 aromatic carbocycles. The Balaban J connectivity index is 0.000000534. The zero-order chi connectivity index (χ0) is 17.5. The molecule has 1 saturated heterocycles. The number of halogens is 3. The molecular formula is C11H18F3N3O5. The molecule has 6 N–H and O–H groups in total. The van der Waals surface area contributed by atoms with Gasteiger partial charge in [0.2, 0.25) is 11.8 Å². The number of amides is 2. The molecule has 1 fully saturated rings. The summed E-state index contributed by atoms with van der Waals surface area (Å²) in [5, 5.41) is 21.6. The molecule has 0 bridgehead atoms. The van der Waals surface area contributed by atoms with Crippen molar-refractivity contribution in [2.45, 2.75) is 31.2 Å². The van der Waals surface area contributed by atoms with Crippen LogP contribution < -0.4 is 16.4 Å². The molecule has 2 amide bonds. The van der Waals surface area contributed by atoms with Crippen LogP contribution in [-0.4, -0.2) is 59.9 Å². The number of hydrogen-bond acceptors (Lipinski definition) is 5. The lowest BCUT2D eigenvalue weighted by Crippen LogP contribution is -2.46. The van der Waals surface area contributed by atoms with Crippen molar-refractivity contribution in [1.82, 2.24) is 10.6 Å². The van der Waals surface area contributed by atoms with Crippen LogP contribution in [0.25, 0.3) is 0 Å². The highest BCUT2D eigenvalue weighted by Gasteiger charge is 2.38. The predicted molar refractivity (Wildman–Crippen MR) is 67.5 cm³/mol. The molecule has 1 heterocycles. The van der Waals surface area contributed by atoms with Crippen LogP contribution in [-0.2, 0) is 14.4 Å². The summed E-state index contributed by atoms with van der Waals surface area (Å²) in [4.78, 5) is 31.2. The fourth-order valence-corrected chi connectivity index (χ4v) is 1.67. The molecule has 0 aliphatic carbocycles. The Kier molecular flexibility index (Phi) is 7.81. The van der Waals surface area contributed by atoms with Gasteiger partial charge in [-0.1, -0.05) is 0 Å². The summed E-state index contributed by atoms with van der Waals surface area (Å²) in [6, 6.07) is -0.696. The van der Waals surface area contributed by atoms with Gasteiger partial charge in [-0.2, -0.15) is 13.2 Å². The Morgan fingerprint density at radius 3 is 2.32 bits per heavy atom. The Morgan fingerprint density at radius 2 is 2.00 bits per heavy atom. The van der Waals surface area contributed by atoms with Crippen LogP contribution in [0.4, 0.5) is 13.2 Å². The van der Waals surface area contributed by atoms with E-state index in [1.54, 1.807) is 0 Å². The van der Waals surface area contributed by atoms with Gasteiger partial charge in [0.1, 0.15) is 6.10 Å². The third kappa shape index (κ3) is 6.72. The highest BCUT2D eigenvalue weighted by molar-refractivity contribution is 5.82. The van der Waals surface area contributed by atoms with Crippen LogP contribution in [0.1, 0.15) is 12.8 Å². The van der Waals surface area contributed by atoms with Gasteiger partial charge in [0.05, 0.1) is 0 Å². The highest BCUT2D eigenvalue weighted by Crippen LogP contribution is 2.16.